The zero-order valence-electron chi connectivity index (χ0n) is 9.19. The summed E-state index contributed by atoms with van der Waals surface area (Å²) >= 11 is 3.93. The van der Waals surface area contributed by atoms with Gasteiger partial charge in [-0.05, 0) is 22.0 Å². The Kier molecular flexibility index (Phi) is 4.11. The first-order chi connectivity index (χ1) is 8.97. The highest BCUT2D eigenvalue weighted by molar-refractivity contribution is 9.10. The lowest BCUT2D eigenvalue weighted by Crippen LogP contribution is -2.01. The van der Waals surface area contributed by atoms with Crippen molar-refractivity contribution in [3.8, 4) is 5.75 Å². The molecule has 0 amide bonds. The molecule has 0 aliphatic rings. The molecule has 2 aromatic rings. The summed E-state index contributed by atoms with van der Waals surface area (Å²) < 4.78 is 31.6. The molecule has 2 rings (SSSR count). The standard InChI is InChI=1S/C11H6BrF2NO3S/c12-7-1-5(13)2-8(14)9(7)18-3-6-4-19-10(15-6)11(16)17/h1-2,4H,3H2,(H,16,17). The maximum absolute atomic E-state index is 13.4. The second-order valence-corrected chi connectivity index (χ2v) is 5.15. The Hall–Kier alpha value is -1.54. The number of carbonyl (C=O) groups is 1. The Labute approximate surface area is 118 Å². The molecule has 0 radical (unpaired) electrons. The largest absolute Gasteiger partial charge is 0.483 e. The van der Waals surface area contributed by atoms with E-state index in [2.05, 4.69) is 20.9 Å². The third-order valence-electron chi connectivity index (χ3n) is 2.06. The summed E-state index contributed by atoms with van der Waals surface area (Å²) in [5.41, 5.74) is 0.359. The van der Waals surface area contributed by atoms with Gasteiger partial charge in [0.2, 0.25) is 5.01 Å². The van der Waals surface area contributed by atoms with E-state index >= 15 is 0 Å². The second kappa shape index (κ2) is 5.62. The number of hydrogen-bond acceptors (Lipinski definition) is 4. The molecule has 1 heterocycles. The molecule has 1 aromatic carbocycles. The van der Waals surface area contributed by atoms with Gasteiger partial charge in [0.25, 0.3) is 0 Å². The lowest BCUT2D eigenvalue weighted by molar-refractivity contribution is 0.0696. The highest BCUT2D eigenvalue weighted by Crippen LogP contribution is 2.30. The summed E-state index contributed by atoms with van der Waals surface area (Å²) in [6, 6.07) is 1.77. The van der Waals surface area contributed by atoms with Crippen molar-refractivity contribution < 1.29 is 23.4 Å². The van der Waals surface area contributed by atoms with E-state index in [-0.39, 0.29) is 21.8 Å². The van der Waals surface area contributed by atoms with Crippen LogP contribution >= 0.6 is 27.3 Å². The third kappa shape index (κ3) is 3.27. The van der Waals surface area contributed by atoms with Crippen LogP contribution in [0.3, 0.4) is 0 Å². The van der Waals surface area contributed by atoms with Crippen molar-refractivity contribution in [2.45, 2.75) is 6.61 Å². The average molecular weight is 350 g/mol. The van der Waals surface area contributed by atoms with Crippen LogP contribution in [0.15, 0.2) is 22.0 Å². The van der Waals surface area contributed by atoms with E-state index in [1.54, 1.807) is 0 Å². The Balaban J connectivity index is 2.12. The molecule has 8 heteroatoms. The number of carboxylic acids is 1. The van der Waals surface area contributed by atoms with Crippen molar-refractivity contribution in [3.63, 3.8) is 0 Å². The molecule has 0 aliphatic heterocycles. The summed E-state index contributed by atoms with van der Waals surface area (Å²) in [6.07, 6.45) is 0. The topological polar surface area (TPSA) is 59.4 Å². The molecule has 1 aromatic heterocycles. The Morgan fingerprint density at radius 3 is 2.79 bits per heavy atom. The normalized spacial score (nSPS) is 10.5. The SMILES string of the molecule is O=C(O)c1nc(COc2c(F)cc(F)cc2Br)cs1. The minimum absolute atomic E-state index is 0.0720. The van der Waals surface area contributed by atoms with E-state index in [9.17, 15) is 13.6 Å². The van der Waals surface area contributed by atoms with Gasteiger partial charge in [-0.2, -0.15) is 0 Å². The summed E-state index contributed by atoms with van der Waals surface area (Å²) in [5, 5.41) is 10.1. The van der Waals surface area contributed by atoms with Crippen LogP contribution in [-0.4, -0.2) is 16.1 Å². The number of nitrogens with zero attached hydrogens (tertiary/aromatic N) is 1. The van der Waals surface area contributed by atoms with E-state index < -0.39 is 17.6 Å². The van der Waals surface area contributed by atoms with Gasteiger partial charge in [0, 0.05) is 11.4 Å². The van der Waals surface area contributed by atoms with Crippen LogP contribution in [0.1, 0.15) is 15.5 Å². The molecule has 1 N–H and O–H groups in total. The smallest absolute Gasteiger partial charge is 0.365 e. The van der Waals surface area contributed by atoms with Gasteiger partial charge in [-0.1, -0.05) is 0 Å². The maximum Gasteiger partial charge on any atom is 0.365 e. The summed E-state index contributed by atoms with van der Waals surface area (Å²) in [6.45, 7) is -0.106. The third-order valence-corrected chi connectivity index (χ3v) is 3.53. The van der Waals surface area contributed by atoms with E-state index in [4.69, 9.17) is 9.84 Å². The fourth-order valence-corrected chi connectivity index (χ4v) is 2.45. The quantitative estimate of drug-likeness (QED) is 0.918. The monoisotopic (exact) mass is 349 g/mol. The number of aromatic carboxylic acids is 1. The van der Waals surface area contributed by atoms with E-state index in [1.807, 2.05) is 0 Å². The van der Waals surface area contributed by atoms with Crippen molar-refractivity contribution in [2.24, 2.45) is 0 Å². The van der Waals surface area contributed by atoms with E-state index in [0.29, 0.717) is 11.8 Å². The number of ether oxygens (including phenoxy) is 1. The molecule has 19 heavy (non-hydrogen) atoms. The number of halogens is 3. The van der Waals surface area contributed by atoms with Crippen molar-refractivity contribution >= 4 is 33.2 Å². The van der Waals surface area contributed by atoms with Crippen LogP contribution in [0.2, 0.25) is 0 Å². The number of benzene rings is 1. The Morgan fingerprint density at radius 2 is 2.21 bits per heavy atom. The summed E-state index contributed by atoms with van der Waals surface area (Å²) in [5.74, 6) is -2.85. The molecule has 0 spiro atoms. The molecule has 0 bridgehead atoms. The van der Waals surface area contributed by atoms with Gasteiger partial charge in [0.1, 0.15) is 12.4 Å². The van der Waals surface area contributed by atoms with Crippen LogP contribution in [0.25, 0.3) is 0 Å². The molecule has 0 unspecified atom stereocenters. The van der Waals surface area contributed by atoms with Crippen LogP contribution in [0.5, 0.6) is 5.75 Å². The highest BCUT2D eigenvalue weighted by atomic mass is 79.9. The second-order valence-electron chi connectivity index (χ2n) is 3.44. The number of thiazole rings is 1. The number of rotatable bonds is 4. The summed E-state index contributed by atoms with van der Waals surface area (Å²) in [7, 11) is 0. The first kappa shape index (κ1) is 13.9. The van der Waals surface area contributed by atoms with Crippen molar-refractivity contribution in [1.29, 1.82) is 0 Å². The van der Waals surface area contributed by atoms with Gasteiger partial charge in [0.05, 0.1) is 10.2 Å². The van der Waals surface area contributed by atoms with E-state index in [0.717, 1.165) is 17.4 Å². The first-order valence-corrected chi connectivity index (χ1v) is 6.59. The number of hydrogen-bond donors (Lipinski definition) is 1. The molecule has 0 saturated heterocycles. The van der Waals surface area contributed by atoms with Gasteiger partial charge >= 0.3 is 5.97 Å². The van der Waals surface area contributed by atoms with Crippen molar-refractivity contribution in [1.82, 2.24) is 4.98 Å². The molecule has 100 valence electrons. The zero-order chi connectivity index (χ0) is 14.0. The zero-order valence-corrected chi connectivity index (χ0v) is 11.6. The fraction of sp³-hybridized carbons (Fsp3) is 0.0909. The van der Waals surface area contributed by atoms with Gasteiger partial charge in [0.15, 0.2) is 11.6 Å². The predicted octanol–water partition coefficient (Wildman–Crippen LogP) is 3.46. The molecule has 0 aliphatic carbocycles. The van der Waals surface area contributed by atoms with Crippen LogP contribution in [0.4, 0.5) is 8.78 Å². The molecule has 0 fully saturated rings. The highest BCUT2D eigenvalue weighted by Gasteiger charge is 2.13. The van der Waals surface area contributed by atoms with Gasteiger partial charge in [-0.15, -0.1) is 11.3 Å². The minimum atomic E-state index is -1.13. The van der Waals surface area contributed by atoms with Gasteiger partial charge in [-0.25, -0.2) is 18.6 Å². The molecule has 0 atom stereocenters. The Morgan fingerprint density at radius 1 is 1.47 bits per heavy atom. The van der Waals surface area contributed by atoms with Crippen LogP contribution in [0, 0.1) is 11.6 Å². The fourth-order valence-electron chi connectivity index (χ4n) is 1.28. The molecule has 4 nitrogen and oxygen atoms in total. The van der Waals surface area contributed by atoms with E-state index in [1.165, 1.54) is 5.38 Å². The summed E-state index contributed by atoms with van der Waals surface area (Å²) in [4.78, 5) is 14.4. The lowest BCUT2D eigenvalue weighted by Gasteiger charge is -2.07. The minimum Gasteiger partial charge on any atom is -0.483 e. The predicted molar refractivity (Wildman–Crippen MR) is 67.5 cm³/mol. The Bertz CT molecular complexity index is 609. The van der Waals surface area contributed by atoms with Gasteiger partial charge < -0.3 is 9.84 Å². The maximum atomic E-state index is 13.4. The number of carboxylic acid groups (broad SMARTS) is 1. The van der Waals surface area contributed by atoms with Crippen molar-refractivity contribution in [3.05, 3.63) is 44.3 Å². The molecular formula is C11H6BrF2NO3S. The first-order valence-electron chi connectivity index (χ1n) is 4.92. The average Bonchev–Trinajstić information content (AvgIpc) is 2.76. The van der Waals surface area contributed by atoms with Crippen LogP contribution < -0.4 is 4.74 Å². The molecule has 0 saturated carbocycles. The van der Waals surface area contributed by atoms with Crippen LogP contribution in [-0.2, 0) is 6.61 Å². The van der Waals surface area contributed by atoms with Crippen molar-refractivity contribution in [2.75, 3.05) is 0 Å². The molecular weight excluding hydrogens is 344 g/mol. The van der Waals surface area contributed by atoms with Gasteiger partial charge in [-0.3, -0.25) is 0 Å². The lowest BCUT2D eigenvalue weighted by atomic mass is 10.3. The number of aromatic nitrogens is 1.